The Hall–Kier alpha value is -1.72. The molecule has 0 amide bonds. The van der Waals surface area contributed by atoms with Crippen molar-refractivity contribution in [1.29, 1.82) is 0 Å². The lowest BCUT2D eigenvalue weighted by atomic mass is 9.82. The van der Waals surface area contributed by atoms with Crippen molar-refractivity contribution in [2.75, 3.05) is 0 Å². The van der Waals surface area contributed by atoms with E-state index in [1.54, 1.807) is 12.1 Å². The molecule has 1 aliphatic carbocycles. The molecule has 0 radical (unpaired) electrons. The first kappa shape index (κ1) is 16.1. The quantitative estimate of drug-likeness (QED) is 0.780. The lowest BCUT2D eigenvalue weighted by molar-refractivity contribution is -0.149. The third-order valence-corrected chi connectivity index (χ3v) is 4.73. The van der Waals surface area contributed by atoms with E-state index in [9.17, 15) is 9.59 Å². The molecular weight excluding hydrogens is 343 g/mol. The summed E-state index contributed by atoms with van der Waals surface area (Å²) in [7, 11) is 0. The molecule has 1 spiro atoms. The van der Waals surface area contributed by atoms with Crippen LogP contribution in [0.3, 0.4) is 0 Å². The third kappa shape index (κ3) is 2.91. The lowest BCUT2D eigenvalue weighted by Crippen LogP contribution is -2.36. The minimum absolute atomic E-state index is 0.0407. The second-order valence-electron chi connectivity index (χ2n) is 5.64. The Morgan fingerprint density at radius 2 is 1.91 bits per heavy atom. The normalized spacial score (nSPS) is 19.8. The molecule has 1 aliphatic heterocycles. The van der Waals surface area contributed by atoms with Gasteiger partial charge in [-0.05, 0) is 37.8 Å². The topological polar surface area (TPSA) is 72.8 Å². The van der Waals surface area contributed by atoms with Crippen LogP contribution < -0.4 is 0 Å². The van der Waals surface area contributed by atoms with Crippen molar-refractivity contribution in [3.8, 4) is 0 Å². The summed E-state index contributed by atoms with van der Waals surface area (Å²) in [5.74, 6) is -0.578. The summed E-state index contributed by atoms with van der Waals surface area (Å²) in [5.41, 5.74) is -0.581. The SMILES string of the molecule is O=C(O)OC1=C(c2ccc(Cl)cc2Cl)C(=O)OC12CCCCC2. The maximum atomic E-state index is 12.4. The molecule has 1 aromatic rings. The van der Waals surface area contributed by atoms with E-state index in [1.807, 2.05) is 0 Å². The van der Waals surface area contributed by atoms with Gasteiger partial charge in [-0.15, -0.1) is 0 Å². The Bertz CT molecular complexity index is 704. The fourth-order valence-corrected chi connectivity index (χ4v) is 3.71. The van der Waals surface area contributed by atoms with E-state index in [0.29, 0.717) is 23.4 Å². The Balaban J connectivity index is 2.16. The molecule has 0 bridgehead atoms. The molecule has 5 nitrogen and oxygen atoms in total. The number of ether oxygens (including phenoxy) is 2. The van der Waals surface area contributed by atoms with Gasteiger partial charge in [0.05, 0.1) is 5.02 Å². The zero-order chi connectivity index (χ0) is 16.6. The van der Waals surface area contributed by atoms with Gasteiger partial charge >= 0.3 is 12.1 Å². The largest absolute Gasteiger partial charge is 0.511 e. The fraction of sp³-hybridized carbons (Fsp3) is 0.375. The van der Waals surface area contributed by atoms with E-state index >= 15 is 0 Å². The number of hydrogen-bond acceptors (Lipinski definition) is 4. The first-order valence-corrected chi connectivity index (χ1v) is 8.03. The molecule has 0 saturated heterocycles. The molecule has 1 saturated carbocycles. The van der Waals surface area contributed by atoms with Crippen LogP contribution in [0.25, 0.3) is 5.57 Å². The van der Waals surface area contributed by atoms with Gasteiger partial charge in [0.1, 0.15) is 5.57 Å². The number of rotatable bonds is 2. The van der Waals surface area contributed by atoms with Gasteiger partial charge in [-0.3, -0.25) is 0 Å². The number of carboxylic acid groups (broad SMARTS) is 1. The lowest BCUT2D eigenvalue weighted by Gasteiger charge is -2.32. The number of halogens is 2. The maximum Gasteiger partial charge on any atom is 0.511 e. The molecule has 0 aromatic heterocycles. The second kappa shape index (κ2) is 6.06. The van der Waals surface area contributed by atoms with Crippen LogP contribution in [0, 0.1) is 0 Å². The van der Waals surface area contributed by atoms with Crippen molar-refractivity contribution >= 4 is 40.9 Å². The highest BCUT2D eigenvalue weighted by Gasteiger charge is 2.51. The van der Waals surface area contributed by atoms with Gasteiger partial charge in [-0.2, -0.15) is 0 Å². The average Bonchev–Trinajstić information content (AvgIpc) is 2.72. The molecule has 1 aromatic carbocycles. The summed E-state index contributed by atoms with van der Waals surface area (Å²) in [6.45, 7) is 0. The van der Waals surface area contributed by atoms with Gasteiger partial charge < -0.3 is 14.6 Å². The second-order valence-corrected chi connectivity index (χ2v) is 6.48. The summed E-state index contributed by atoms with van der Waals surface area (Å²) < 4.78 is 10.5. The van der Waals surface area contributed by atoms with Crippen LogP contribution in [0.5, 0.6) is 0 Å². The number of benzene rings is 1. The van der Waals surface area contributed by atoms with Crippen LogP contribution in [0.4, 0.5) is 4.79 Å². The van der Waals surface area contributed by atoms with Crippen LogP contribution in [0.15, 0.2) is 24.0 Å². The summed E-state index contributed by atoms with van der Waals surface area (Å²) in [6, 6.07) is 4.63. The number of esters is 1. The van der Waals surface area contributed by atoms with Gasteiger partial charge in [0.15, 0.2) is 11.4 Å². The fourth-order valence-electron chi connectivity index (χ4n) is 3.20. The van der Waals surface area contributed by atoms with Gasteiger partial charge in [0, 0.05) is 10.6 Å². The predicted molar refractivity (Wildman–Crippen MR) is 84.4 cm³/mol. The molecule has 2 aliphatic rings. The Labute approximate surface area is 142 Å². The molecule has 0 atom stereocenters. The van der Waals surface area contributed by atoms with Crippen LogP contribution >= 0.6 is 23.2 Å². The summed E-state index contributed by atoms with van der Waals surface area (Å²) in [6.07, 6.45) is 2.27. The molecule has 122 valence electrons. The molecule has 7 heteroatoms. The highest BCUT2D eigenvalue weighted by Crippen LogP contribution is 2.48. The van der Waals surface area contributed by atoms with Crippen molar-refractivity contribution in [2.24, 2.45) is 0 Å². The van der Waals surface area contributed by atoms with Crippen molar-refractivity contribution in [1.82, 2.24) is 0 Å². The van der Waals surface area contributed by atoms with Crippen LogP contribution in [0.2, 0.25) is 10.0 Å². The van der Waals surface area contributed by atoms with E-state index in [2.05, 4.69) is 0 Å². The summed E-state index contributed by atoms with van der Waals surface area (Å²) >= 11 is 12.1. The average molecular weight is 357 g/mol. The highest BCUT2D eigenvalue weighted by atomic mass is 35.5. The van der Waals surface area contributed by atoms with E-state index in [-0.39, 0.29) is 16.4 Å². The van der Waals surface area contributed by atoms with Gasteiger partial charge in [0.2, 0.25) is 0 Å². The minimum atomic E-state index is -1.48. The number of hydrogen-bond donors (Lipinski definition) is 1. The van der Waals surface area contributed by atoms with Gasteiger partial charge in [-0.25, -0.2) is 9.59 Å². The standard InChI is InChI=1S/C16H14Cl2O5/c17-9-4-5-10(11(18)8-9)12-13(22-15(20)21)16(23-14(12)19)6-2-1-3-7-16/h4-5,8H,1-3,6-7H2,(H,20,21). The van der Waals surface area contributed by atoms with Crippen molar-refractivity contribution in [3.63, 3.8) is 0 Å². The minimum Gasteiger partial charge on any atom is -0.449 e. The van der Waals surface area contributed by atoms with E-state index in [0.717, 1.165) is 19.3 Å². The van der Waals surface area contributed by atoms with E-state index in [1.165, 1.54) is 6.07 Å². The van der Waals surface area contributed by atoms with E-state index in [4.69, 9.17) is 37.8 Å². The molecular formula is C16H14Cl2O5. The summed E-state index contributed by atoms with van der Waals surface area (Å²) in [4.78, 5) is 23.6. The molecule has 1 heterocycles. The van der Waals surface area contributed by atoms with Crippen LogP contribution in [0.1, 0.15) is 37.7 Å². The maximum absolute atomic E-state index is 12.4. The number of carbonyl (C=O) groups excluding carboxylic acids is 1. The van der Waals surface area contributed by atoms with Gasteiger partial charge in [0.25, 0.3) is 0 Å². The zero-order valence-electron chi connectivity index (χ0n) is 12.1. The Kier molecular flexibility index (Phi) is 4.25. The third-order valence-electron chi connectivity index (χ3n) is 4.18. The smallest absolute Gasteiger partial charge is 0.449 e. The van der Waals surface area contributed by atoms with Crippen molar-refractivity contribution in [2.45, 2.75) is 37.7 Å². The monoisotopic (exact) mass is 356 g/mol. The molecule has 3 rings (SSSR count). The highest BCUT2D eigenvalue weighted by molar-refractivity contribution is 6.37. The van der Waals surface area contributed by atoms with Crippen LogP contribution in [-0.4, -0.2) is 22.8 Å². The number of carbonyl (C=O) groups is 2. The zero-order valence-corrected chi connectivity index (χ0v) is 13.6. The summed E-state index contributed by atoms with van der Waals surface area (Å²) in [5, 5.41) is 9.73. The molecule has 1 fully saturated rings. The van der Waals surface area contributed by atoms with Crippen LogP contribution in [-0.2, 0) is 14.3 Å². The van der Waals surface area contributed by atoms with Gasteiger partial charge in [-0.1, -0.05) is 35.7 Å². The predicted octanol–water partition coefficient (Wildman–Crippen LogP) is 4.66. The first-order chi connectivity index (χ1) is 10.9. The Morgan fingerprint density at radius 3 is 2.52 bits per heavy atom. The molecule has 1 N–H and O–H groups in total. The van der Waals surface area contributed by atoms with Crippen molar-refractivity contribution < 1.29 is 24.2 Å². The first-order valence-electron chi connectivity index (χ1n) is 7.27. The Morgan fingerprint density at radius 1 is 1.22 bits per heavy atom. The molecule has 23 heavy (non-hydrogen) atoms. The van der Waals surface area contributed by atoms with Crippen molar-refractivity contribution in [3.05, 3.63) is 39.6 Å². The molecule has 0 unspecified atom stereocenters. The van der Waals surface area contributed by atoms with E-state index < -0.39 is 17.7 Å².